The maximum atomic E-state index is 13.6. The third kappa shape index (κ3) is 4.57. The number of halogens is 4. The first kappa shape index (κ1) is 18.7. The standard InChI is InChI=1S/C19H13ClF3N3O/c20-12-3-1-11(2-4-12)9-24-13-5-7-16(25-10-13)19(27)26-15-8-6-14(21)17(22)18(15)23/h1-8,10,24H,9H2,(H,26,27). The first-order chi connectivity index (χ1) is 12.9. The number of hydrogen-bond donors (Lipinski definition) is 2. The molecule has 27 heavy (non-hydrogen) atoms. The van der Waals surface area contributed by atoms with Gasteiger partial charge in [-0.05, 0) is 42.0 Å². The summed E-state index contributed by atoms with van der Waals surface area (Å²) >= 11 is 5.83. The van der Waals surface area contributed by atoms with Crippen LogP contribution in [-0.4, -0.2) is 10.9 Å². The van der Waals surface area contributed by atoms with Gasteiger partial charge in [-0.2, -0.15) is 0 Å². The minimum atomic E-state index is -1.65. The summed E-state index contributed by atoms with van der Waals surface area (Å²) in [7, 11) is 0. The fourth-order valence-electron chi connectivity index (χ4n) is 2.25. The molecule has 0 aliphatic heterocycles. The number of carbonyl (C=O) groups excluding carboxylic acids is 1. The normalized spacial score (nSPS) is 10.5. The Kier molecular flexibility index (Phi) is 5.61. The van der Waals surface area contributed by atoms with Gasteiger partial charge in [0.05, 0.1) is 17.6 Å². The third-order valence-corrected chi connectivity index (χ3v) is 3.94. The van der Waals surface area contributed by atoms with Crippen LogP contribution >= 0.6 is 11.6 Å². The number of rotatable bonds is 5. The number of benzene rings is 2. The van der Waals surface area contributed by atoms with Crippen molar-refractivity contribution in [3.8, 4) is 0 Å². The molecule has 2 N–H and O–H groups in total. The fraction of sp³-hybridized carbons (Fsp3) is 0.0526. The van der Waals surface area contributed by atoms with E-state index in [4.69, 9.17) is 11.6 Å². The summed E-state index contributed by atoms with van der Waals surface area (Å²) in [5, 5.41) is 5.94. The van der Waals surface area contributed by atoms with E-state index in [0.717, 1.165) is 17.7 Å². The average Bonchev–Trinajstić information content (AvgIpc) is 2.68. The van der Waals surface area contributed by atoms with Gasteiger partial charge in [-0.15, -0.1) is 0 Å². The molecule has 0 unspecified atom stereocenters. The van der Waals surface area contributed by atoms with Crippen LogP contribution in [0.4, 0.5) is 24.5 Å². The van der Waals surface area contributed by atoms with Gasteiger partial charge in [0, 0.05) is 11.6 Å². The van der Waals surface area contributed by atoms with Gasteiger partial charge < -0.3 is 10.6 Å². The molecule has 0 aliphatic carbocycles. The molecule has 3 aromatic rings. The zero-order valence-corrected chi connectivity index (χ0v) is 14.5. The Hall–Kier alpha value is -3.06. The van der Waals surface area contributed by atoms with Crippen LogP contribution in [0, 0.1) is 17.5 Å². The van der Waals surface area contributed by atoms with Crippen molar-refractivity contribution in [2.75, 3.05) is 10.6 Å². The maximum absolute atomic E-state index is 13.6. The van der Waals surface area contributed by atoms with E-state index in [-0.39, 0.29) is 5.69 Å². The van der Waals surface area contributed by atoms with Gasteiger partial charge in [-0.25, -0.2) is 18.2 Å². The van der Waals surface area contributed by atoms with E-state index < -0.39 is 29.0 Å². The van der Waals surface area contributed by atoms with Crippen molar-refractivity contribution >= 4 is 28.9 Å². The molecule has 0 bridgehead atoms. The lowest BCUT2D eigenvalue weighted by Gasteiger charge is -2.09. The Morgan fingerprint density at radius 1 is 0.963 bits per heavy atom. The molecule has 0 radical (unpaired) electrons. The monoisotopic (exact) mass is 391 g/mol. The molecule has 0 saturated heterocycles. The van der Waals surface area contributed by atoms with Gasteiger partial charge in [-0.1, -0.05) is 23.7 Å². The topological polar surface area (TPSA) is 54.0 Å². The molecule has 138 valence electrons. The molecule has 1 amide bonds. The van der Waals surface area contributed by atoms with Gasteiger partial charge in [0.1, 0.15) is 5.69 Å². The van der Waals surface area contributed by atoms with Crippen LogP contribution in [0.3, 0.4) is 0 Å². The Balaban J connectivity index is 1.63. The quantitative estimate of drug-likeness (QED) is 0.601. The molecule has 2 aromatic carbocycles. The number of carbonyl (C=O) groups is 1. The fourth-order valence-corrected chi connectivity index (χ4v) is 2.37. The van der Waals surface area contributed by atoms with E-state index in [0.29, 0.717) is 17.3 Å². The second-order valence-electron chi connectivity index (χ2n) is 5.59. The third-order valence-electron chi connectivity index (χ3n) is 3.69. The lowest BCUT2D eigenvalue weighted by atomic mass is 10.2. The van der Waals surface area contributed by atoms with E-state index >= 15 is 0 Å². The summed E-state index contributed by atoms with van der Waals surface area (Å²) in [5.74, 6) is -5.20. The highest BCUT2D eigenvalue weighted by Gasteiger charge is 2.16. The minimum Gasteiger partial charge on any atom is -0.380 e. The Bertz CT molecular complexity index is 963. The number of nitrogens with one attached hydrogen (secondary N) is 2. The molecule has 8 heteroatoms. The van der Waals surface area contributed by atoms with Crippen LogP contribution < -0.4 is 10.6 Å². The predicted octanol–water partition coefficient (Wildman–Crippen LogP) is 5.02. The number of anilines is 2. The molecule has 4 nitrogen and oxygen atoms in total. The van der Waals surface area contributed by atoms with Crippen LogP contribution in [0.15, 0.2) is 54.7 Å². The molecule has 3 rings (SSSR count). The van der Waals surface area contributed by atoms with Crippen LogP contribution in [-0.2, 0) is 6.54 Å². The highest BCUT2D eigenvalue weighted by Crippen LogP contribution is 2.20. The van der Waals surface area contributed by atoms with Crippen molar-refractivity contribution < 1.29 is 18.0 Å². The van der Waals surface area contributed by atoms with Gasteiger partial charge in [0.2, 0.25) is 0 Å². The van der Waals surface area contributed by atoms with Crippen molar-refractivity contribution in [1.29, 1.82) is 0 Å². The summed E-state index contributed by atoms with van der Waals surface area (Å²) in [4.78, 5) is 16.1. The van der Waals surface area contributed by atoms with E-state index in [2.05, 4.69) is 15.6 Å². The molecule has 1 aromatic heterocycles. The molecule has 0 saturated carbocycles. The lowest BCUT2D eigenvalue weighted by molar-refractivity contribution is 0.102. The van der Waals surface area contributed by atoms with Crippen molar-refractivity contribution in [3.63, 3.8) is 0 Å². The second kappa shape index (κ2) is 8.09. The number of amides is 1. The Labute approximate surface area is 158 Å². The zero-order chi connectivity index (χ0) is 19.4. The van der Waals surface area contributed by atoms with Gasteiger partial charge in [0.15, 0.2) is 17.5 Å². The van der Waals surface area contributed by atoms with Crippen LogP contribution in [0.25, 0.3) is 0 Å². The van der Waals surface area contributed by atoms with E-state index in [1.54, 1.807) is 18.2 Å². The summed E-state index contributed by atoms with van der Waals surface area (Å²) in [6.07, 6.45) is 1.44. The van der Waals surface area contributed by atoms with Crippen molar-refractivity contribution in [2.24, 2.45) is 0 Å². The average molecular weight is 392 g/mol. The SMILES string of the molecule is O=C(Nc1ccc(F)c(F)c1F)c1ccc(NCc2ccc(Cl)cc2)cn1. The van der Waals surface area contributed by atoms with Crippen molar-refractivity contribution in [2.45, 2.75) is 6.54 Å². The highest BCUT2D eigenvalue weighted by molar-refractivity contribution is 6.30. The zero-order valence-electron chi connectivity index (χ0n) is 13.8. The van der Waals surface area contributed by atoms with Crippen molar-refractivity contribution in [1.82, 2.24) is 4.98 Å². The number of hydrogen-bond acceptors (Lipinski definition) is 3. The van der Waals surface area contributed by atoms with Crippen LogP contribution in [0.5, 0.6) is 0 Å². The van der Waals surface area contributed by atoms with E-state index in [1.165, 1.54) is 12.3 Å². The van der Waals surface area contributed by atoms with Gasteiger partial charge in [-0.3, -0.25) is 4.79 Å². The summed E-state index contributed by atoms with van der Waals surface area (Å²) in [5.41, 5.74) is 1.21. The van der Waals surface area contributed by atoms with E-state index in [9.17, 15) is 18.0 Å². The van der Waals surface area contributed by atoms with Gasteiger partial charge >= 0.3 is 0 Å². The van der Waals surface area contributed by atoms with Crippen molar-refractivity contribution in [3.05, 3.63) is 88.5 Å². The minimum absolute atomic E-state index is 0.00354. The molecule has 0 spiro atoms. The smallest absolute Gasteiger partial charge is 0.274 e. The summed E-state index contributed by atoms with van der Waals surface area (Å²) < 4.78 is 39.8. The number of nitrogens with zero attached hydrogens (tertiary/aromatic N) is 1. The highest BCUT2D eigenvalue weighted by atomic mass is 35.5. The lowest BCUT2D eigenvalue weighted by Crippen LogP contribution is -2.15. The first-order valence-electron chi connectivity index (χ1n) is 7.83. The Morgan fingerprint density at radius 2 is 1.70 bits per heavy atom. The summed E-state index contributed by atoms with van der Waals surface area (Å²) in [6.45, 7) is 0.532. The molecule has 0 aliphatic rings. The van der Waals surface area contributed by atoms with E-state index in [1.807, 2.05) is 12.1 Å². The van der Waals surface area contributed by atoms with Gasteiger partial charge in [0.25, 0.3) is 5.91 Å². The van der Waals surface area contributed by atoms with Crippen LogP contribution in [0.1, 0.15) is 16.1 Å². The number of pyridine rings is 1. The molecule has 0 fully saturated rings. The molecule has 1 heterocycles. The largest absolute Gasteiger partial charge is 0.380 e. The number of aromatic nitrogens is 1. The Morgan fingerprint density at radius 3 is 2.37 bits per heavy atom. The summed E-state index contributed by atoms with van der Waals surface area (Å²) in [6, 6.07) is 12.0. The predicted molar refractivity (Wildman–Crippen MR) is 97.3 cm³/mol. The second-order valence-corrected chi connectivity index (χ2v) is 6.03. The first-order valence-corrected chi connectivity index (χ1v) is 8.21. The molecular weight excluding hydrogens is 379 g/mol. The molecular formula is C19H13ClF3N3O. The van der Waals surface area contributed by atoms with Crippen LogP contribution in [0.2, 0.25) is 5.02 Å². The molecule has 0 atom stereocenters. The maximum Gasteiger partial charge on any atom is 0.274 e.